The molecule has 0 amide bonds. The van der Waals surface area contributed by atoms with E-state index in [1.165, 1.54) is 218 Å². The highest BCUT2D eigenvalue weighted by atomic mass is 16.6. The number of aliphatic hydroxyl groups excluding tert-OH is 1. The van der Waals surface area contributed by atoms with Gasteiger partial charge in [-0.15, -0.1) is 0 Å². The molecular formula is C69H122O5. The average molecular weight is 1030 g/mol. The number of aliphatic hydroxyl groups is 1. The molecule has 0 aliphatic carbocycles. The van der Waals surface area contributed by atoms with E-state index in [-0.39, 0.29) is 25.2 Å². The highest BCUT2D eigenvalue weighted by Gasteiger charge is 2.16. The van der Waals surface area contributed by atoms with E-state index in [1.807, 2.05) is 0 Å². The molecule has 0 saturated carbocycles. The largest absolute Gasteiger partial charge is 0.462 e. The van der Waals surface area contributed by atoms with Crippen LogP contribution >= 0.6 is 0 Å². The van der Waals surface area contributed by atoms with E-state index in [0.717, 1.165) is 77.0 Å². The molecule has 0 heterocycles. The first-order valence-corrected chi connectivity index (χ1v) is 32.1. The smallest absolute Gasteiger partial charge is 0.306 e. The summed E-state index contributed by atoms with van der Waals surface area (Å²) in [6, 6.07) is 0. The summed E-state index contributed by atoms with van der Waals surface area (Å²) in [5, 5.41) is 9.67. The fourth-order valence-corrected chi connectivity index (χ4v) is 9.38. The third-order valence-electron chi connectivity index (χ3n) is 14.2. The Kier molecular flexibility index (Phi) is 61.8. The van der Waals surface area contributed by atoms with E-state index >= 15 is 0 Å². The molecule has 0 bridgehead atoms. The van der Waals surface area contributed by atoms with Crippen molar-refractivity contribution in [3.05, 3.63) is 85.1 Å². The maximum atomic E-state index is 12.3. The Labute approximate surface area is 460 Å². The third-order valence-corrected chi connectivity index (χ3v) is 14.2. The lowest BCUT2D eigenvalue weighted by atomic mass is 10.0. The van der Waals surface area contributed by atoms with Crippen LogP contribution in [0.1, 0.15) is 322 Å². The van der Waals surface area contributed by atoms with Crippen LogP contribution in [-0.2, 0) is 19.1 Å². The fraction of sp³-hybridized carbons (Fsp3) is 0.768. The van der Waals surface area contributed by atoms with Gasteiger partial charge in [-0.05, 0) is 89.9 Å². The molecule has 0 radical (unpaired) electrons. The summed E-state index contributed by atoms with van der Waals surface area (Å²) in [5.41, 5.74) is 0. The number of hydrogen-bond acceptors (Lipinski definition) is 5. The van der Waals surface area contributed by atoms with Crippen molar-refractivity contribution in [2.45, 2.75) is 328 Å². The molecule has 0 spiro atoms. The molecular weight excluding hydrogens is 909 g/mol. The van der Waals surface area contributed by atoms with Crippen molar-refractivity contribution >= 4 is 11.9 Å². The Hall–Kier alpha value is -2.92. The minimum atomic E-state index is -0.775. The monoisotopic (exact) mass is 1030 g/mol. The molecule has 0 aliphatic heterocycles. The molecule has 0 aromatic heterocycles. The molecule has 0 aliphatic rings. The van der Waals surface area contributed by atoms with Crippen LogP contribution in [0.2, 0.25) is 0 Å². The van der Waals surface area contributed by atoms with Crippen molar-refractivity contribution in [3.63, 3.8) is 0 Å². The quantitative estimate of drug-likeness (QED) is 0.0373. The highest BCUT2D eigenvalue weighted by Crippen LogP contribution is 2.17. The van der Waals surface area contributed by atoms with Crippen molar-refractivity contribution in [3.8, 4) is 0 Å². The molecule has 428 valence electrons. The number of unbranched alkanes of at least 4 members (excludes halogenated alkanes) is 37. The lowest BCUT2D eigenvalue weighted by Crippen LogP contribution is -2.28. The standard InChI is InChI=1S/C69H122O5/c1-3-5-7-9-11-13-15-17-19-21-23-25-26-27-28-29-30-31-32-33-34-35-36-37-38-39-40-41-42-44-46-48-50-52-54-56-58-60-62-64-69(72)74-67(65-70)66-73-68(71)63-61-59-57-55-53-51-49-47-45-43-24-22-20-18-16-14-12-10-8-6-4-2/h5,7,11,13,16-19,22-25,27-28,67,70H,3-4,6,8-10,12,14-15,20-21,26,29-66H2,1-2H3/b7-5-,13-11-,18-16-,19-17-,24-22-,25-23-,28-27-. The first-order valence-electron chi connectivity index (χ1n) is 32.1. The van der Waals surface area contributed by atoms with E-state index in [1.54, 1.807) is 0 Å². The van der Waals surface area contributed by atoms with Crippen molar-refractivity contribution < 1.29 is 24.2 Å². The summed E-state index contributed by atoms with van der Waals surface area (Å²) in [4.78, 5) is 24.6. The van der Waals surface area contributed by atoms with Crippen LogP contribution < -0.4 is 0 Å². The summed E-state index contributed by atoms with van der Waals surface area (Å²) >= 11 is 0. The molecule has 1 unspecified atom stereocenters. The molecule has 5 nitrogen and oxygen atoms in total. The molecule has 1 N–H and O–H groups in total. The predicted molar refractivity (Wildman–Crippen MR) is 325 cm³/mol. The Balaban J connectivity index is 3.42. The van der Waals surface area contributed by atoms with Crippen molar-refractivity contribution in [1.29, 1.82) is 0 Å². The summed E-state index contributed by atoms with van der Waals surface area (Å²) in [6.07, 6.45) is 90.2. The van der Waals surface area contributed by atoms with Crippen LogP contribution in [-0.4, -0.2) is 36.4 Å². The van der Waals surface area contributed by atoms with Crippen LogP contribution in [0.4, 0.5) is 0 Å². The van der Waals surface area contributed by atoms with E-state index in [2.05, 4.69) is 98.9 Å². The lowest BCUT2D eigenvalue weighted by molar-refractivity contribution is -0.161. The van der Waals surface area contributed by atoms with Crippen LogP contribution in [0, 0.1) is 0 Å². The Morgan fingerprint density at radius 1 is 0.324 bits per heavy atom. The molecule has 0 saturated heterocycles. The van der Waals surface area contributed by atoms with Gasteiger partial charge in [0, 0.05) is 12.8 Å². The zero-order valence-corrected chi connectivity index (χ0v) is 49.1. The first-order chi connectivity index (χ1) is 36.6. The van der Waals surface area contributed by atoms with Gasteiger partial charge in [0.05, 0.1) is 6.61 Å². The van der Waals surface area contributed by atoms with E-state index in [9.17, 15) is 14.7 Å². The molecule has 1 atom stereocenters. The molecule has 0 aromatic carbocycles. The second-order valence-corrected chi connectivity index (χ2v) is 21.5. The van der Waals surface area contributed by atoms with E-state index in [4.69, 9.17) is 9.47 Å². The van der Waals surface area contributed by atoms with Gasteiger partial charge in [-0.2, -0.15) is 0 Å². The Bertz CT molecular complexity index is 1350. The van der Waals surface area contributed by atoms with Gasteiger partial charge in [0.15, 0.2) is 6.10 Å². The van der Waals surface area contributed by atoms with Crippen LogP contribution in [0.15, 0.2) is 85.1 Å². The number of hydrogen-bond donors (Lipinski definition) is 1. The number of carbonyl (C=O) groups excluding carboxylic acids is 2. The number of esters is 2. The molecule has 0 fully saturated rings. The average Bonchev–Trinajstić information content (AvgIpc) is 3.40. The fourth-order valence-electron chi connectivity index (χ4n) is 9.38. The summed E-state index contributed by atoms with van der Waals surface area (Å²) in [7, 11) is 0. The number of ether oxygens (including phenoxy) is 2. The first kappa shape index (κ1) is 71.1. The number of carbonyl (C=O) groups is 2. The van der Waals surface area contributed by atoms with Crippen LogP contribution in [0.3, 0.4) is 0 Å². The summed E-state index contributed by atoms with van der Waals surface area (Å²) in [5.74, 6) is -0.582. The van der Waals surface area contributed by atoms with Gasteiger partial charge >= 0.3 is 11.9 Å². The minimum absolute atomic E-state index is 0.0665. The van der Waals surface area contributed by atoms with Gasteiger partial charge < -0.3 is 14.6 Å². The van der Waals surface area contributed by atoms with Gasteiger partial charge in [0.25, 0.3) is 0 Å². The Morgan fingerprint density at radius 2 is 0.581 bits per heavy atom. The Morgan fingerprint density at radius 3 is 0.878 bits per heavy atom. The van der Waals surface area contributed by atoms with E-state index in [0.29, 0.717) is 12.8 Å². The number of allylic oxidation sites excluding steroid dienone is 14. The van der Waals surface area contributed by atoms with Crippen molar-refractivity contribution in [1.82, 2.24) is 0 Å². The zero-order valence-electron chi connectivity index (χ0n) is 49.1. The van der Waals surface area contributed by atoms with Crippen LogP contribution in [0.25, 0.3) is 0 Å². The van der Waals surface area contributed by atoms with Gasteiger partial charge in [-0.1, -0.05) is 304 Å². The molecule has 0 aromatic rings. The van der Waals surface area contributed by atoms with Crippen molar-refractivity contribution in [2.75, 3.05) is 13.2 Å². The van der Waals surface area contributed by atoms with Crippen molar-refractivity contribution in [2.24, 2.45) is 0 Å². The van der Waals surface area contributed by atoms with Gasteiger partial charge in [-0.25, -0.2) is 0 Å². The van der Waals surface area contributed by atoms with E-state index < -0.39 is 6.10 Å². The topological polar surface area (TPSA) is 72.8 Å². The number of rotatable bonds is 59. The molecule has 5 heteroatoms. The SMILES string of the molecule is CC/C=C\C/C=C\C/C=C\C/C=C\C/C=C\CCCCCCCCCCCCCCCCCCCCCCCCCC(=O)OC(CO)COC(=O)CCCCCCCCCCC/C=C\C/C=C\CCCCCCC. The second kappa shape index (κ2) is 64.4. The normalized spacial score (nSPS) is 12.7. The highest BCUT2D eigenvalue weighted by molar-refractivity contribution is 5.70. The maximum Gasteiger partial charge on any atom is 0.306 e. The summed E-state index contributed by atoms with van der Waals surface area (Å²) in [6.45, 7) is 4.04. The third kappa shape index (κ3) is 61.6. The zero-order chi connectivity index (χ0) is 53.4. The molecule has 74 heavy (non-hydrogen) atoms. The van der Waals surface area contributed by atoms with Crippen LogP contribution in [0.5, 0.6) is 0 Å². The lowest BCUT2D eigenvalue weighted by Gasteiger charge is -2.15. The van der Waals surface area contributed by atoms with Gasteiger partial charge in [-0.3, -0.25) is 9.59 Å². The predicted octanol–water partition coefficient (Wildman–Crippen LogP) is 22.1. The second-order valence-electron chi connectivity index (χ2n) is 21.5. The summed E-state index contributed by atoms with van der Waals surface area (Å²) < 4.78 is 10.7. The minimum Gasteiger partial charge on any atom is -0.462 e. The molecule has 0 rings (SSSR count). The van der Waals surface area contributed by atoms with Gasteiger partial charge in [0.2, 0.25) is 0 Å². The maximum absolute atomic E-state index is 12.3. The van der Waals surface area contributed by atoms with Gasteiger partial charge in [0.1, 0.15) is 6.61 Å².